The lowest BCUT2D eigenvalue weighted by molar-refractivity contribution is -0.123. The van der Waals surface area contributed by atoms with E-state index in [1.807, 2.05) is 18.5 Å². The Labute approximate surface area is 126 Å². The van der Waals surface area contributed by atoms with E-state index in [4.69, 9.17) is 0 Å². The summed E-state index contributed by atoms with van der Waals surface area (Å²) in [5.41, 5.74) is 0. The molecular weight excluding hydrogens is 266 g/mol. The Balaban J connectivity index is 1.88. The van der Waals surface area contributed by atoms with E-state index in [9.17, 15) is 4.79 Å². The number of nitrogens with one attached hydrogen (secondary N) is 1. The Morgan fingerprint density at radius 1 is 1.43 bits per heavy atom. The molecule has 1 amide bonds. The number of rotatable bonds is 6. The summed E-state index contributed by atoms with van der Waals surface area (Å²) in [5.74, 6) is 0.858. The van der Waals surface area contributed by atoms with Crippen molar-refractivity contribution in [1.82, 2.24) is 25.0 Å². The molecule has 0 saturated heterocycles. The van der Waals surface area contributed by atoms with Crippen LogP contribution in [0.1, 0.15) is 64.4 Å². The first-order chi connectivity index (χ1) is 9.99. The van der Waals surface area contributed by atoms with Crippen LogP contribution < -0.4 is 5.32 Å². The van der Waals surface area contributed by atoms with Crippen LogP contribution in [0.15, 0.2) is 6.33 Å². The fraction of sp³-hybridized carbons (Fsp3) is 0.800. The number of amides is 1. The molecule has 0 radical (unpaired) electrons. The van der Waals surface area contributed by atoms with E-state index in [1.165, 1.54) is 25.7 Å². The van der Waals surface area contributed by atoms with Gasteiger partial charge in [0, 0.05) is 12.1 Å². The van der Waals surface area contributed by atoms with Crippen LogP contribution in [-0.4, -0.2) is 45.2 Å². The molecule has 0 unspecified atom stereocenters. The van der Waals surface area contributed by atoms with Gasteiger partial charge in [-0.25, -0.2) is 0 Å². The van der Waals surface area contributed by atoms with Crippen LogP contribution in [-0.2, 0) is 4.79 Å². The van der Waals surface area contributed by atoms with Gasteiger partial charge in [0.25, 0.3) is 0 Å². The fourth-order valence-corrected chi connectivity index (χ4v) is 3.01. The van der Waals surface area contributed by atoms with Crippen molar-refractivity contribution in [3.05, 3.63) is 12.2 Å². The molecule has 2 rings (SSSR count). The van der Waals surface area contributed by atoms with Gasteiger partial charge >= 0.3 is 0 Å². The summed E-state index contributed by atoms with van der Waals surface area (Å²) in [6.45, 7) is 6.56. The molecule has 0 spiro atoms. The van der Waals surface area contributed by atoms with E-state index < -0.39 is 0 Å². The highest BCUT2D eigenvalue weighted by molar-refractivity contribution is 5.78. The fourth-order valence-electron chi connectivity index (χ4n) is 3.01. The normalized spacial score (nSPS) is 17.6. The summed E-state index contributed by atoms with van der Waals surface area (Å²) in [5, 5.41) is 11.1. The molecule has 0 bridgehead atoms. The van der Waals surface area contributed by atoms with Gasteiger partial charge in [0.15, 0.2) is 5.82 Å². The summed E-state index contributed by atoms with van der Waals surface area (Å²) in [6, 6.07) is 0.722. The van der Waals surface area contributed by atoms with Gasteiger partial charge in [-0.2, -0.15) is 0 Å². The number of nitrogens with zero attached hydrogens (tertiary/aromatic N) is 4. The zero-order chi connectivity index (χ0) is 15.4. The topological polar surface area (TPSA) is 63.1 Å². The summed E-state index contributed by atoms with van der Waals surface area (Å²) >= 11 is 0. The molecule has 0 aromatic carbocycles. The maximum atomic E-state index is 12.2. The van der Waals surface area contributed by atoms with Crippen LogP contribution in [0.25, 0.3) is 0 Å². The Bertz CT molecular complexity index is 464. The summed E-state index contributed by atoms with van der Waals surface area (Å²) < 4.78 is 1.99. The highest BCUT2D eigenvalue weighted by Crippen LogP contribution is 2.22. The average Bonchev–Trinajstić information content (AvgIpc) is 3.10. The lowest BCUT2D eigenvalue weighted by Crippen LogP contribution is -2.40. The van der Waals surface area contributed by atoms with Gasteiger partial charge in [-0.3, -0.25) is 9.69 Å². The van der Waals surface area contributed by atoms with E-state index in [1.54, 1.807) is 6.33 Å². The first-order valence-electron chi connectivity index (χ1n) is 7.88. The van der Waals surface area contributed by atoms with Gasteiger partial charge < -0.3 is 9.88 Å². The third-order valence-corrected chi connectivity index (χ3v) is 4.26. The van der Waals surface area contributed by atoms with Crippen LogP contribution in [0, 0.1) is 0 Å². The van der Waals surface area contributed by atoms with Crippen molar-refractivity contribution < 1.29 is 4.79 Å². The van der Waals surface area contributed by atoms with Crippen LogP contribution >= 0.6 is 0 Å². The second kappa shape index (κ2) is 7.02. The van der Waals surface area contributed by atoms with Gasteiger partial charge in [0.2, 0.25) is 5.91 Å². The highest BCUT2D eigenvalue weighted by Gasteiger charge is 2.23. The number of hydrogen-bond donors (Lipinski definition) is 1. The quantitative estimate of drug-likeness (QED) is 0.870. The first-order valence-corrected chi connectivity index (χ1v) is 7.88. The Morgan fingerprint density at radius 3 is 2.71 bits per heavy atom. The predicted molar refractivity (Wildman–Crippen MR) is 81.9 cm³/mol. The summed E-state index contributed by atoms with van der Waals surface area (Å²) in [4.78, 5) is 14.4. The SMILES string of the molecule is CC(C)n1cnnc1[C@@H](C)NC(=O)CN(C)C1CCCC1. The number of likely N-dealkylation sites (N-methyl/N-ethyl adjacent to an activating group) is 1. The van der Waals surface area contributed by atoms with Gasteiger partial charge in [-0.05, 0) is 40.7 Å². The highest BCUT2D eigenvalue weighted by atomic mass is 16.2. The lowest BCUT2D eigenvalue weighted by Gasteiger charge is -2.24. The molecule has 6 nitrogen and oxygen atoms in total. The van der Waals surface area contributed by atoms with Crippen molar-refractivity contribution in [3.63, 3.8) is 0 Å². The molecule has 1 N–H and O–H groups in total. The van der Waals surface area contributed by atoms with E-state index in [-0.39, 0.29) is 18.0 Å². The minimum atomic E-state index is -0.126. The minimum Gasteiger partial charge on any atom is -0.345 e. The molecule has 1 aliphatic carbocycles. The smallest absolute Gasteiger partial charge is 0.234 e. The predicted octanol–water partition coefficient (Wildman–Crippen LogP) is 1.91. The van der Waals surface area contributed by atoms with Crippen molar-refractivity contribution in [2.24, 2.45) is 0 Å². The molecule has 1 heterocycles. The monoisotopic (exact) mass is 293 g/mol. The zero-order valence-electron chi connectivity index (χ0n) is 13.5. The van der Waals surface area contributed by atoms with Crippen molar-refractivity contribution in [1.29, 1.82) is 0 Å². The van der Waals surface area contributed by atoms with Crippen molar-refractivity contribution in [2.75, 3.05) is 13.6 Å². The average molecular weight is 293 g/mol. The molecule has 21 heavy (non-hydrogen) atoms. The molecule has 118 valence electrons. The number of carbonyl (C=O) groups is 1. The lowest BCUT2D eigenvalue weighted by atomic mass is 10.2. The van der Waals surface area contributed by atoms with Gasteiger partial charge in [-0.1, -0.05) is 12.8 Å². The molecule has 1 atom stereocenters. The Hall–Kier alpha value is -1.43. The van der Waals surface area contributed by atoms with Gasteiger partial charge in [0.1, 0.15) is 6.33 Å². The molecular formula is C15H27N5O. The summed E-state index contributed by atoms with van der Waals surface area (Å²) in [7, 11) is 2.04. The van der Waals surface area contributed by atoms with Crippen molar-refractivity contribution in [2.45, 2.75) is 64.6 Å². The third-order valence-electron chi connectivity index (χ3n) is 4.26. The Morgan fingerprint density at radius 2 is 2.10 bits per heavy atom. The van der Waals surface area contributed by atoms with Gasteiger partial charge in [0.05, 0.1) is 12.6 Å². The third kappa shape index (κ3) is 4.03. The zero-order valence-corrected chi connectivity index (χ0v) is 13.5. The number of carbonyl (C=O) groups excluding carboxylic acids is 1. The molecule has 0 aliphatic heterocycles. The van der Waals surface area contributed by atoms with Crippen molar-refractivity contribution >= 4 is 5.91 Å². The maximum absolute atomic E-state index is 12.2. The first kappa shape index (κ1) is 15.9. The van der Waals surface area contributed by atoms with Crippen molar-refractivity contribution in [3.8, 4) is 0 Å². The summed E-state index contributed by atoms with van der Waals surface area (Å²) in [6.07, 6.45) is 6.70. The molecule has 1 fully saturated rings. The molecule has 6 heteroatoms. The maximum Gasteiger partial charge on any atom is 0.234 e. The largest absolute Gasteiger partial charge is 0.345 e. The van der Waals surface area contributed by atoms with Crippen LogP contribution in [0.2, 0.25) is 0 Å². The van der Waals surface area contributed by atoms with E-state index in [0.29, 0.717) is 12.6 Å². The van der Waals surface area contributed by atoms with Crippen LogP contribution in [0.3, 0.4) is 0 Å². The van der Waals surface area contributed by atoms with E-state index >= 15 is 0 Å². The number of aromatic nitrogens is 3. The molecule has 1 aromatic heterocycles. The molecule has 1 aromatic rings. The second-order valence-electron chi connectivity index (χ2n) is 6.33. The Kier molecular flexibility index (Phi) is 5.33. The van der Waals surface area contributed by atoms with E-state index in [2.05, 4.69) is 34.3 Å². The van der Waals surface area contributed by atoms with E-state index in [0.717, 1.165) is 5.82 Å². The van der Waals surface area contributed by atoms with Gasteiger partial charge in [-0.15, -0.1) is 10.2 Å². The molecule has 1 aliphatic rings. The number of hydrogen-bond acceptors (Lipinski definition) is 4. The standard InChI is InChI=1S/C15H27N5O/c1-11(2)20-10-16-18-15(20)12(3)17-14(21)9-19(4)13-7-5-6-8-13/h10-13H,5-9H2,1-4H3,(H,17,21)/t12-/m1/s1. The molecule has 1 saturated carbocycles. The van der Waals surface area contributed by atoms with Crippen LogP contribution in [0.5, 0.6) is 0 Å². The van der Waals surface area contributed by atoms with Crippen LogP contribution in [0.4, 0.5) is 0 Å². The second-order valence-corrected chi connectivity index (χ2v) is 6.33. The minimum absolute atomic E-state index is 0.0511.